The SMILES string of the molecule is CN(CC(O)CN1CCOCC1)c1cnccn1. The molecule has 1 fully saturated rings. The van der Waals surface area contributed by atoms with Gasteiger partial charge in [0.25, 0.3) is 0 Å². The van der Waals surface area contributed by atoms with Gasteiger partial charge in [0.05, 0.1) is 25.5 Å². The maximum absolute atomic E-state index is 10.1. The Morgan fingerprint density at radius 2 is 2.22 bits per heavy atom. The molecule has 0 amide bonds. The lowest BCUT2D eigenvalue weighted by Crippen LogP contribution is -2.44. The first-order valence-corrected chi connectivity index (χ1v) is 6.21. The van der Waals surface area contributed by atoms with Gasteiger partial charge in [0.2, 0.25) is 0 Å². The molecule has 1 N–H and O–H groups in total. The van der Waals surface area contributed by atoms with E-state index in [0.29, 0.717) is 13.1 Å². The third kappa shape index (κ3) is 3.90. The molecular formula is C12H20N4O2. The number of β-amino-alcohol motifs (C(OH)–C–C–N with tert-alkyl or cyclic N) is 1. The summed E-state index contributed by atoms with van der Waals surface area (Å²) in [5.41, 5.74) is 0. The Balaban J connectivity index is 1.78. The van der Waals surface area contributed by atoms with Crippen LogP contribution in [0.4, 0.5) is 5.82 Å². The van der Waals surface area contributed by atoms with Crippen LogP contribution in [0.5, 0.6) is 0 Å². The van der Waals surface area contributed by atoms with Crippen molar-refractivity contribution in [1.82, 2.24) is 14.9 Å². The summed E-state index contributed by atoms with van der Waals surface area (Å²) in [4.78, 5) is 12.3. The van der Waals surface area contributed by atoms with E-state index in [2.05, 4.69) is 14.9 Å². The summed E-state index contributed by atoms with van der Waals surface area (Å²) < 4.78 is 5.28. The van der Waals surface area contributed by atoms with E-state index in [-0.39, 0.29) is 0 Å². The molecule has 6 heteroatoms. The van der Waals surface area contributed by atoms with Gasteiger partial charge in [-0.15, -0.1) is 0 Å². The smallest absolute Gasteiger partial charge is 0.146 e. The summed E-state index contributed by atoms with van der Waals surface area (Å²) >= 11 is 0. The zero-order valence-electron chi connectivity index (χ0n) is 10.7. The maximum Gasteiger partial charge on any atom is 0.146 e. The Bertz CT molecular complexity index is 343. The van der Waals surface area contributed by atoms with Crippen LogP contribution >= 0.6 is 0 Å². The summed E-state index contributed by atoms with van der Waals surface area (Å²) in [6, 6.07) is 0. The molecule has 1 aliphatic rings. The van der Waals surface area contributed by atoms with Crippen molar-refractivity contribution in [2.75, 3.05) is 51.3 Å². The van der Waals surface area contributed by atoms with Crippen LogP contribution < -0.4 is 4.90 Å². The second-order valence-corrected chi connectivity index (χ2v) is 4.51. The van der Waals surface area contributed by atoms with Gasteiger partial charge < -0.3 is 14.7 Å². The van der Waals surface area contributed by atoms with Crippen molar-refractivity contribution < 1.29 is 9.84 Å². The normalized spacial score (nSPS) is 18.6. The quantitative estimate of drug-likeness (QED) is 0.770. The molecule has 1 aromatic heterocycles. The Kier molecular flexibility index (Phi) is 4.86. The number of nitrogens with zero attached hydrogens (tertiary/aromatic N) is 4. The zero-order valence-corrected chi connectivity index (χ0v) is 10.7. The number of aliphatic hydroxyl groups excluding tert-OH is 1. The van der Waals surface area contributed by atoms with Crippen molar-refractivity contribution in [2.45, 2.75) is 6.10 Å². The van der Waals surface area contributed by atoms with Crippen molar-refractivity contribution in [1.29, 1.82) is 0 Å². The molecular weight excluding hydrogens is 232 g/mol. The lowest BCUT2D eigenvalue weighted by molar-refractivity contribution is 0.0162. The topological polar surface area (TPSA) is 61.7 Å². The van der Waals surface area contributed by atoms with E-state index in [1.807, 2.05) is 11.9 Å². The first-order chi connectivity index (χ1) is 8.75. The van der Waals surface area contributed by atoms with Gasteiger partial charge in [-0.3, -0.25) is 9.88 Å². The zero-order chi connectivity index (χ0) is 12.8. The summed E-state index contributed by atoms with van der Waals surface area (Å²) in [7, 11) is 1.91. The number of morpholine rings is 1. The van der Waals surface area contributed by atoms with Crippen LogP contribution in [0.2, 0.25) is 0 Å². The van der Waals surface area contributed by atoms with Crippen LogP contribution in [0.15, 0.2) is 18.6 Å². The molecule has 2 rings (SSSR count). The highest BCUT2D eigenvalue weighted by atomic mass is 16.5. The number of aliphatic hydroxyl groups is 1. The summed E-state index contributed by atoms with van der Waals surface area (Å²) in [5.74, 6) is 0.776. The molecule has 18 heavy (non-hydrogen) atoms. The Morgan fingerprint density at radius 1 is 1.44 bits per heavy atom. The molecule has 0 aromatic carbocycles. The van der Waals surface area contributed by atoms with E-state index < -0.39 is 6.10 Å². The van der Waals surface area contributed by atoms with Gasteiger partial charge in [-0.25, -0.2) is 4.98 Å². The molecule has 0 saturated carbocycles. The first kappa shape index (κ1) is 13.2. The second-order valence-electron chi connectivity index (χ2n) is 4.51. The fraction of sp³-hybridized carbons (Fsp3) is 0.667. The van der Waals surface area contributed by atoms with E-state index in [0.717, 1.165) is 32.1 Å². The number of hydrogen-bond acceptors (Lipinski definition) is 6. The fourth-order valence-electron chi connectivity index (χ4n) is 2.04. The van der Waals surface area contributed by atoms with Crippen molar-refractivity contribution in [3.63, 3.8) is 0 Å². The summed E-state index contributed by atoms with van der Waals surface area (Å²) in [5, 5.41) is 10.1. The number of anilines is 1. The van der Waals surface area contributed by atoms with E-state index in [9.17, 15) is 5.11 Å². The van der Waals surface area contributed by atoms with Crippen LogP contribution in [0, 0.1) is 0 Å². The average molecular weight is 252 g/mol. The molecule has 1 saturated heterocycles. The molecule has 1 aromatic rings. The molecule has 0 spiro atoms. The molecule has 0 aliphatic carbocycles. The third-order valence-corrected chi connectivity index (χ3v) is 3.00. The predicted molar refractivity (Wildman–Crippen MR) is 68.6 cm³/mol. The third-order valence-electron chi connectivity index (χ3n) is 3.00. The minimum Gasteiger partial charge on any atom is -0.390 e. The Labute approximate surface area is 107 Å². The average Bonchev–Trinajstić information content (AvgIpc) is 2.40. The molecule has 2 heterocycles. The molecule has 0 bridgehead atoms. The summed E-state index contributed by atoms with van der Waals surface area (Å²) in [6.07, 6.45) is 4.60. The Morgan fingerprint density at radius 3 is 2.89 bits per heavy atom. The molecule has 6 nitrogen and oxygen atoms in total. The van der Waals surface area contributed by atoms with E-state index >= 15 is 0 Å². The van der Waals surface area contributed by atoms with Crippen LogP contribution in [0.25, 0.3) is 0 Å². The highest BCUT2D eigenvalue weighted by Gasteiger charge is 2.16. The van der Waals surface area contributed by atoms with Gasteiger partial charge in [0.1, 0.15) is 5.82 Å². The Hall–Kier alpha value is -1.24. The maximum atomic E-state index is 10.1. The van der Waals surface area contributed by atoms with E-state index in [1.165, 1.54) is 0 Å². The number of likely N-dealkylation sites (N-methyl/N-ethyl adjacent to an activating group) is 1. The van der Waals surface area contributed by atoms with Gasteiger partial charge >= 0.3 is 0 Å². The highest BCUT2D eigenvalue weighted by molar-refractivity contribution is 5.33. The molecule has 1 aliphatic heterocycles. The second kappa shape index (κ2) is 6.63. The van der Waals surface area contributed by atoms with E-state index in [1.54, 1.807) is 18.6 Å². The summed E-state index contributed by atoms with van der Waals surface area (Å²) in [6.45, 7) is 4.53. The monoisotopic (exact) mass is 252 g/mol. The first-order valence-electron chi connectivity index (χ1n) is 6.21. The number of ether oxygens (including phenoxy) is 1. The predicted octanol–water partition coefficient (Wildman–Crippen LogP) is -0.394. The van der Waals surface area contributed by atoms with Crippen molar-refractivity contribution in [3.8, 4) is 0 Å². The van der Waals surface area contributed by atoms with Crippen molar-refractivity contribution in [2.24, 2.45) is 0 Å². The van der Waals surface area contributed by atoms with Crippen LogP contribution in [-0.4, -0.2) is 72.5 Å². The van der Waals surface area contributed by atoms with Gasteiger partial charge in [0, 0.05) is 45.6 Å². The molecule has 1 atom stereocenters. The van der Waals surface area contributed by atoms with Crippen LogP contribution in [0.1, 0.15) is 0 Å². The number of aromatic nitrogens is 2. The molecule has 1 unspecified atom stereocenters. The van der Waals surface area contributed by atoms with Gasteiger partial charge in [-0.1, -0.05) is 0 Å². The van der Waals surface area contributed by atoms with Crippen molar-refractivity contribution in [3.05, 3.63) is 18.6 Å². The number of hydrogen-bond donors (Lipinski definition) is 1. The largest absolute Gasteiger partial charge is 0.390 e. The van der Waals surface area contributed by atoms with Gasteiger partial charge in [-0.2, -0.15) is 0 Å². The van der Waals surface area contributed by atoms with Gasteiger partial charge in [0.15, 0.2) is 0 Å². The van der Waals surface area contributed by atoms with Crippen molar-refractivity contribution >= 4 is 5.82 Å². The standard InChI is InChI=1S/C12H20N4O2/c1-15(12-8-13-2-3-14-12)9-11(17)10-16-4-6-18-7-5-16/h2-3,8,11,17H,4-7,9-10H2,1H3. The van der Waals surface area contributed by atoms with Crippen LogP contribution in [-0.2, 0) is 4.74 Å². The lowest BCUT2D eigenvalue weighted by atomic mass is 10.3. The minimum absolute atomic E-state index is 0.393. The lowest BCUT2D eigenvalue weighted by Gasteiger charge is -2.30. The highest BCUT2D eigenvalue weighted by Crippen LogP contribution is 2.06. The van der Waals surface area contributed by atoms with Crippen LogP contribution in [0.3, 0.4) is 0 Å². The minimum atomic E-state index is -0.393. The van der Waals surface area contributed by atoms with E-state index in [4.69, 9.17) is 4.74 Å². The number of rotatable bonds is 5. The fourth-order valence-corrected chi connectivity index (χ4v) is 2.04. The molecule has 0 radical (unpaired) electrons. The van der Waals surface area contributed by atoms with Gasteiger partial charge in [-0.05, 0) is 0 Å². The molecule has 100 valence electrons.